The molecule has 134 valence electrons. The summed E-state index contributed by atoms with van der Waals surface area (Å²) in [5.74, 6) is 0.899. The van der Waals surface area contributed by atoms with Crippen molar-refractivity contribution in [2.45, 2.75) is 33.2 Å². The highest BCUT2D eigenvalue weighted by atomic mass is 32.9. The first-order valence-electron chi connectivity index (χ1n) is 8.78. The van der Waals surface area contributed by atoms with E-state index in [9.17, 15) is 0 Å². The van der Waals surface area contributed by atoms with E-state index in [1.165, 1.54) is 21.6 Å². The highest BCUT2D eigenvalue weighted by Crippen LogP contribution is 2.46. The molecule has 0 radical (unpaired) electrons. The second kappa shape index (κ2) is 6.56. The third-order valence-corrected chi connectivity index (χ3v) is 7.14. The Morgan fingerprint density at radius 1 is 1.08 bits per heavy atom. The topological polar surface area (TPSA) is 33.6 Å². The Morgan fingerprint density at radius 2 is 1.85 bits per heavy atom. The number of rotatable bonds is 3. The first-order valence-corrected chi connectivity index (χ1v) is 10.9. The van der Waals surface area contributed by atoms with Gasteiger partial charge in [0, 0.05) is 16.8 Å². The van der Waals surface area contributed by atoms with Crippen molar-refractivity contribution in [2.24, 2.45) is 4.99 Å². The maximum absolute atomic E-state index is 5.74. The molecule has 0 fully saturated rings. The Bertz CT molecular complexity index is 1010. The predicted molar refractivity (Wildman–Crippen MR) is 112 cm³/mol. The molecule has 0 saturated heterocycles. The smallest absolute Gasteiger partial charge is 0.135 e. The minimum Gasteiger partial charge on any atom is -0.494 e. The number of ether oxygens (including phenoxy) is 1. The molecule has 0 amide bonds. The molecule has 1 aliphatic heterocycles. The van der Waals surface area contributed by atoms with Gasteiger partial charge in [0.1, 0.15) is 10.4 Å². The molecular weight excluding hydrogens is 360 g/mol. The molecule has 0 aliphatic carbocycles. The van der Waals surface area contributed by atoms with Crippen LogP contribution >= 0.6 is 20.7 Å². The lowest BCUT2D eigenvalue weighted by atomic mass is 9.90. The van der Waals surface area contributed by atoms with Gasteiger partial charge in [-0.15, -0.1) is 0 Å². The molecule has 0 unspecified atom stereocenters. The van der Waals surface area contributed by atoms with Gasteiger partial charge in [-0.25, -0.2) is 4.99 Å². The predicted octanol–water partition coefficient (Wildman–Crippen LogP) is 6.08. The van der Waals surface area contributed by atoms with Gasteiger partial charge in [0.2, 0.25) is 0 Å². The van der Waals surface area contributed by atoms with Crippen molar-refractivity contribution in [3.05, 3.63) is 57.6 Å². The summed E-state index contributed by atoms with van der Waals surface area (Å²) in [5.41, 5.74) is 5.67. The third kappa shape index (κ3) is 3.06. The first-order chi connectivity index (χ1) is 12.5. The number of nitrogens with one attached hydrogen (secondary N) is 1. The Morgan fingerprint density at radius 3 is 2.58 bits per heavy atom. The van der Waals surface area contributed by atoms with Gasteiger partial charge in [-0.05, 0) is 58.0 Å². The van der Waals surface area contributed by atoms with Crippen molar-refractivity contribution in [2.75, 3.05) is 11.9 Å². The largest absolute Gasteiger partial charge is 0.494 e. The van der Waals surface area contributed by atoms with E-state index in [1.807, 2.05) is 23.3 Å². The van der Waals surface area contributed by atoms with Crippen LogP contribution in [0.4, 0.5) is 11.4 Å². The lowest BCUT2D eigenvalue weighted by molar-refractivity contribution is 0.340. The second-order valence-electron chi connectivity index (χ2n) is 7.01. The maximum Gasteiger partial charge on any atom is 0.135 e. The van der Waals surface area contributed by atoms with Crippen LogP contribution in [0, 0.1) is 6.92 Å². The zero-order chi connectivity index (χ0) is 18.3. The molecule has 26 heavy (non-hydrogen) atoms. The van der Waals surface area contributed by atoms with Crippen molar-refractivity contribution in [1.29, 1.82) is 0 Å². The molecule has 2 aromatic carbocycles. The van der Waals surface area contributed by atoms with E-state index in [4.69, 9.17) is 9.73 Å². The van der Waals surface area contributed by atoms with Crippen molar-refractivity contribution < 1.29 is 4.74 Å². The molecule has 1 N–H and O–H groups in total. The van der Waals surface area contributed by atoms with Crippen LogP contribution in [0.25, 0.3) is 11.1 Å². The second-order valence-corrected chi connectivity index (χ2v) is 9.14. The van der Waals surface area contributed by atoms with E-state index in [2.05, 4.69) is 62.5 Å². The zero-order valence-corrected chi connectivity index (χ0v) is 17.1. The van der Waals surface area contributed by atoms with Gasteiger partial charge in [0.25, 0.3) is 0 Å². The summed E-state index contributed by atoms with van der Waals surface area (Å²) in [5, 5.41) is 3.67. The molecule has 4 rings (SSSR count). The highest BCUT2D eigenvalue weighted by Gasteiger charge is 2.33. The molecule has 0 bridgehead atoms. The molecule has 1 aromatic heterocycles. The lowest BCUT2D eigenvalue weighted by Crippen LogP contribution is -2.31. The number of fused-ring (bicyclic) bond motifs is 3. The zero-order valence-electron chi connectivity index (χ0n) is 15.4. The van der Waals surface area contributed by atoms with Crippen LogP contribution in [0.1, 0.15) is 31.2 Å². The summed E-state index contributed by atoms with van der Waals surface area (Å²) in [6.45, 7) is 9.22. The van der Waals surface area contributed by atoms with Crippen LogP contribution < -0.4 is 14.7 Å². The van der Waals surface area contributed by atoms with Crippen molar-refractivity contribution in [3.8, 4) is 16.9 Å². The van der Waals surface area contributed by atoms with Gasteiger partial charge in [-0.2, -0.15) is 0 Å². The number of aryl methyl sites for hydroxylation is 1. The normalized spacial score (nSPS) is 15.2. The van der Waals surface area contributed by atoms with Crippen LogP contribution in [0.15, 0.2) is 47.5 Å². The van der Waals surface area contributed by atoms with Crippen LogP contribution in [-0.4, -0.2) is 6.61 Å². The molecule has 3 aromatic rings. The van der Waals surface area contributed by atoms with Gasteiger partial charge >= 0.3 is 0 Å². The van der Waals surface area contributed by atoms with Crippen molar-refractivity contribution in [3.63, 3.8) is 0 Å². The lowest BCUT2D eigenvalue weighted by Gasteiger charge is -2.33. The SMILES string of the molecule is CCOc1ccc2c(c1)-c1c(ssc1=Nc1ccc(C)cc1)C(C)(C)N2. The fourth-order valence-corrected chi connectivity index (χ4v) is 6.15. The summed E-state index contributed by atoms with van der Waals surface area (Å²) in [7, 11) is 3.55. The van der Waals surface area contributed by atoms with Gasteiger partial charge in [0.15, 0.2) is 0 Å². The highest BCUT2D eigenvalue weighted by molar-refractivity contribution is 7.68. The quantitative estimate of drug-likeness (QED) is 0.557. The third-order valence-electron chi connectivity index (χ3n) is 4.50. The van der Waals surface area contributed by atoms with E-state index in [0.29, 0.717) is 6.61 Å². The van der Waals surface area contributed by atoms with Crippen LogP contribution in [-0.2, 0) is 5.54 Å². The van der Waals surface area contributed by atoms with Crippen LogP contribution in [0.3, 0.4) is 0 Å². The molecule has 0 atom stereocenters. The van der Waals surface area contributed by atoms with E-state index in [-0.39, 0.29) is 5.54 Å². The molecular formula is C21H22N2OS2. The van der Waals surface area contributed by atoms with E-state index in [1.54, 1.807) is 10.3 Å². The summed E-state index contributed by atoms with van der Waals surface area (Å²) in [6, 6.07) is 14.6. The first kappa shape index (κ1) is 17.3. The average Bonchev–Trinajstić information content (AvgIpc) is 3.03. The molecule has 0 saturated carbocycles. The molecule has 0 spiro atoms. The number of benzene rings is 2. The van der Waals surface area contributed by atoms with E-state index in [0.717, 1.165) is 21.8 Å². The van der Waals surface area contributed by atoms with Crippen LogP contribution in [0.2, 0.25) is 0 Å². The monoisotopic (exact) mass is 382 g/mol. The molecule has 2 heterocycles. The Kier molecular flexibility index (Phi) is 4.37. The minimum atomic E-state index is -0.113. The van der Waals surface area contributed by atoms with E-state index < -0.39 is 0 Å². The molecule has 1 aliphatic rings. The standard InChI is InChI=1S/C21H22N2OS2/c1-5-24-15-10-11-17-16(12-15)18-19(21(3,4)23-17)25-26-20(18)22-14-8-6-13(2)7-9-14/h6-12,23H,5H2,1-4H3. The Labute approximate surface area is 161 Å². The van der Waals surface area contributed by atoms with Gasteiger partial charge in [-0.1, -0.05) is 38.4 Å². The van der Waals surface area contributed by atoms with Gasteiger partial charge < -0.3 is 10.1 Å². The summed E-state index contributed by atoms with van der Waals surface area (Å²) >= 11 is 0. The average molecular weight is 383 g/mol. The van der Waals surface area contributed by atoms with Crippen molar-refractivity contribution >= 4 is 32.1 Å². The number of anilines is 1. The molecule has 5 heteroatoms. The summed E-state index contributed by atoms with van der Waals surface area (Å²) in [4.78, 5) is 6.28. The van der Waals surface area contributed by atoms with Crippen molar-refractivity contribution in [1.82, 2.24) is 0 Å². The van der Waals surface area contributed by atoms with Gasteiger partial charge in [-0.3, -0.25) is 0 Å². The maximum atomic E-state index is 5.74. The fraction of sp³-hybridized carbons (Fsp3) is 0.286. The Balaban J connectivity index is 1.93. The van der Waals surface area contributed by atoms with Crippen LogP contribution in [0.5, 0.6) is 5.75 Å². The summed E-state index contributed by atoms with van der Waals surface area (Å²) in [6.07, 6.45) is 0. The van der Waals surface area contributed by atoms with Gasteiger partial charge in [0.05, 0.1) is 22.7 Å². The fourth-order valence-electron chi connectivity index (χ4n) is 3.22. The molecule has 3 nitrogen and oxygen atoms in total. The number of hydrogen-bond acceptors (Lipinski definition) is 5. The summed E-state index contributed by atoms with van der Waals surface area (Å²) < 4.78 is 6.80. The Hall–Kier alpha value is -2.11. The minimum absolute atomic E-state index is 0.113. The van der Waals surface area contributed by atoms with E-state index >= 15 is 0 Å². The number of hydrogen-bond donors (Lipinski definition) is 1. The number of nitrogens with zero attached hydrogens (tertiary/aromatic N) is 1.